The summed E-state index contributed by atoms with van der Waals surface area (Å²) < 4.78 is 0. The van der Waals surface area contributed by atoms with Gasteiger partial charge in [-0.05, 0) is 60.8 Å². The van der Waals surface area contributed by atoms with Gasteiger partial charge in [-0.1, -0.05) is 18.6 Å². The van der Waals surface area contributed by atoms with Gasteiger partial charge in [0.1, 0.15) is 0 Å². The van der Waals surface area contributed by atoms with Gasteiger partial charge in [0.2, 0.25) is 0 Å². The zero-order chi connectivity index (χ0) is 12.8. The van der Waals surface area contributed by atoms with Gasteiger partial charge in [-0.25, -0.2) is 0 Å². The minimum absolute atomic E-state index is 0.208. The molecule has 0 aliphatic heterocycles. The first kappa shape index (κ1) is 11.4. The summed E-state index contributed by atoms with van der Waals surface area (Å²) in [6.07, 6.45) is 7.45. The molecule has 1 aromatic heterocycles. The lowest BCUT2D eigenvalue weighted by Gasteiger charge is -2.28. The molecule has 98 valence electrons. The molecule has 2 nitrogen and oxygen atoms in total. The highest BCUT2D eigenvalue weighted by molar-refractivity contribution is 5.79. The van der Waals surface area contributed by atoms with Gasteiger partial charge in [-0.2, -0.15) is 0 Å². The maximum Gasteiger partial charge on any atom is 0.0702 e. The van der Waals surface area contributed by atoms with Crippen LogP contribution in [-0.4, -0.2) is 4.98 Å². The Balaban J connectivity index is 1.66. The van der Waals surface area contributed by atoms with Crippen molar-refractivity contribution in [1.29, 1.82) is 0 Å². The van der Waals surface area contributed by atoms with Crippen molar-refractivity contribution in [3.63, 3.8) is 0 Å². The summed E-state index contributed by atoms with van der Waals surface area (Å²) in [5.41, 5.74) is 8.91. The largest absolute Gasteiger partial charge is 0.324 e. The highest BCUT2D eigenvalue weighted by atomic mass is 14.7. The van der Waals surface area contributed by atoms with E-state index in [9.17, 15) is 0 Å². The molecule has 2 saturated carbocycles. The van der Waals surface area contributed by atoms with Crippen LogP contribution in [0.25, 0.3) is 10.9 Å². The molecule has 0 spiro atoms. The molecule has 2 aliphatic carbocycles. The van der Waals surface area contributed by atoms with Gasteiger partial charge in [0.15, 0.2) is 0 Å². The summed E-state index contributed by atoms with van der Waals surface area (Å²) in [7, 11) is 0. The number of hydrogen-bond acceptors (Lipinski definition) is 2. The van der Waals surface area contributed by atoms with E-state index in [1.54, 1.807) is 0 Å². The van der Waals surface area contributed by atoms with Crippen molar-refractivity contribution < 1.29 is 0 Å². The molecule has 0 radical (unpaired) electrons. The van der Waals surface area contributed by atoms with Crippen LogP contribution in [0, 0.1) is 17.8 Å². The van der Waals surface area contributed by atoms with Crippen LogP contribution >= 0.6 is 0 Å². The fourth-order valence-electron chi connectivity index (χ4n) is 4.28. The molecule has 1 aromatic carbocycles. The first-order valence-electron chi connectivity index (χ1n) is 7.41. The van der Waals surface area contributed by atoms with Crippen LogP contribution in [0.3, 0.4) is 0 Å². The van der Waals surface area contributed by atoms with E-state index >= 15 is 0 Å². The lowest BCUT2D eigenvalue weighted by atomic mass is 9.81. The molecule has 19 heavy (non-hydrogen) atoms. The number of fused-ring (bicyclic) bond motifs is 3. The van der Waals surface area contributed by atoms with Crippen LogP contribution in [0.4, 0.5) is 0 Å². The summed E-state index contributed by atoms with van der Waals surface area (Å²) in [6.45, 7) is 0. The Labute approximate surface area is 114 Å². The van der Waals surface area contributed by atoms with Crippen molar-refractivity contribution in [1.82, 2.24) is 4.98 Å². The van der Waals surface area contributed by atoms with Gasteiger partial charge in [0.25, 0.3) is 0 Å². The number of rotatable bonds is 2. The third kappa shape index (κ3) is 1.86. The summed E-state index contributed by atoms with van der Waals surface area (Å²) in [4.78, 5) is 4.38. The van der Waals surface area contributed by atoms with E-state index in [1.165, 1.54) is 36.6 Å². The summed E-state index contributed by atoms with van der Waals surface area (Å²) in [5, 5.41) is 1.21. The third-order valence-corrected chi connectivity index (χ3v) is 5.27. The molecule has 4 atom stereocenters. The van der Waals surface area contributed by atoms with Gasteiger partial charge < -0.3 is 5.73 Å². The topological polar surface area (TPSA) is 38.9 Å². The predicted octanol–water partition coefficient (Wildman–Crippen LogP) is 3.67. The van der Waals surface area contributed by atoms with E-state index in [2.05, 4.69) is 29.2 Å². The van der Waals surface area contributed by atoms with E-state index in [0.717, 1.165) is 17.4 Å². The van der Waals surface area contributed by atoms with Crippen LogP contribution in [0.5, 0.6) is 0 Å². The smallest absolute Gasteiger partial charge is 0.0702 e. The second-order valence-electron chi connectivity index (χ2n) is 6.32. The van der Waals surface area contributed by atoms with Crippen molar-refractivity contribution in [3.05, 3.63) is 42.1 Å². The summed E-state index contributed by atoms with van der Waals surface area (Å²) in [6, 6.07) is 10.8. The van der Waals surface area contributed by atoms with E-state index in [1.807, 2.05) is 12.3 Å². The predicted molar refractivity (Wildman–Crippen MR) is 77.6 cm³/mol. The van der Waals surface area contributed by atoms with Crippen LogP contribution in [0.15, 0.2) is 36.5 Å². The van der Waals surface area contributed by atoms with Crippen molar-refractivity contribution in [3.8, 4) is 0 Å². The normalized spacial score (nSPS) is 30.9. The highest BCUT2D eigenvalue weighted by Gasteiger charge is 2.42. The Morgan fingerprint density at radius 3 is 2.89 bits per heavy atom. The van der Waals surface area contributed by atoms with Gasteiger partial charge in [0.05, 0.1) is 5.52 Å². The molecule has 1 heterocycles. The molecule has 0 saturated heterocycles. The Bertz CT molecular complexity index is 607. The number of benzene rings is 1. The molecule has 2 N–H and O–H groups in total. The van der Waals surface area contributed by atoms with Gasteiger partial charge in [0, 0.05) is 17.6 Å². The second-order valence-corrected chi connectivity index (χ2v) is 6.32. The highest BCUT2D eigenvalue weighted by Crippen LogP contribution is 2.52. The molecular formula is C17H20N2. The van der Waals surface area contributed by atoms with Crippen LogP contribution < -0.4 is 5.73 Å². The first-order chi connectivity index (χ1) is 9.31. The lowest BCUT2D eigenvalue weighted by Crippen LogP contribution is -2.25. The van der Waals surface area contributed by atoms with Gasteiger partial charge in [-0.3, -0.25) is 4.98 Å². The second kappa shape index (κ2) is 4.31. The quantitative estimate of drug-likeness (QED) is 0.885. The number of nitrogens with zero attached hydrogens (tertiary/aromatic N) is 1. The Morgan fingerprint density at radius 2 is 2.11 bits per heavy atom. The molecule has 2 fully saturated rings. The molecule has 2 aliphatic rings. The molecule has 2 bridgehead atoms. The number of aromatic nitrogens is 1. The van der Waals surface area contributed by atoms with E-state index in [0.29, 0.717) is 5.92 Å². The van der Waals surface area contributed by atoms with E-state index in [-0.39, 0.29) is 6.04 Å². The number of pyridine rings is 1. The number of nitrogens with two attached hydrogens (primary N) is 1. The minimum atomic E-state index is 0.208. The average Bonchev–Trinajstić information content (AvgIpc) is 3.08. The molecular weight excluding hydrogens is 232 g/mol. The zero-order valence-corrected chi connectivity index (χ0v) is 11.1. The molecule has 2 aromatic rings. The maximum absolute atomic E-state index is 6.56. The van der Waals surface area contributed by atoms with Crippen LogP contribution in [0.2, 0.25) is 0 Å². The molecule has 4 rings (SSSR count). The standard InChI is InChI=1S/C17H20N2/c18-17(15-9-11-3-4-12(15)8-11)14-5-6-16-13(10-14)2-1-7-19-16/h1-2,5-7,10-12,15,17H,3-4,8-9,18H2. The monoisotopic (exact) mass is 252 g/mol. The van der Waals surface area contributed by atoms with Crippen LogP contribution in [0.1, 0.15) is 37.3 Å². The molecule has 0 amide bonds. The third-order valence-electron chi connectivity index (χ3n) is 5.27. The maximum atomic E-state index is 6.56. The Hall–Kier alpha value is -1.41. The molecule has 4 unspecified atom stereocenters. The lowest BCUT2D eigenvalue weighted by molar-refractivity contribution is 0.284. The Morgan fingerprint density at radius 1 is 1.16 bits per heavy atom. The van der Waals surface area contributed by atoms with E-state index < -0.39 is 0 Å². The van der Waals surface area contributed by atoms with Crippen molar-refractivity contribution in [2.24, 2.45) is 23.5 Å². The minimum Gasteiger partial charge on any atom is -0.324 e. The fourth-order valence-corrected chi connectivity index (χ4v) is 4.28. The first-order valence-corrected chi connectivity index (χ1v) is 7.41. The number of hydrogen-bond donors (Lipinski definition) is 1. The fraction of sp³-hybridized carbons (Fsp3) is 0.471. The van der Waals surface area contributed by atoms with Gasteiger partial charge >= 0.3 is 0 Å². The average molecular weight is 252 g/mol. The summed E-state index contributed by atoms with van der Waals surface area (Å²) in [5.74, 6) is 2.54. The van der Waals surface area contributed by atoms with Gasteiger partial charge in [-0.15, -0.1) is 0 Å². The summed E-state index contributed by atoms with van der Waals surface area (Å²) >= 11 is 0. The Kier molecular flexibility index (Phi) is 2.59. The van der Waals surface area contributed by atoms with Crippen LogP contribution in [-0.2, 0) is 0 Å². The zero-order valence-electron chi connectivity index (χ0n) is 11.1. The van der Waals surface area contributed by atoms with Crippen molar-refractivity contribution >= 4 is 10.9 Å². The van der Waals surface area contributed by atoms with Crippen molar-refractivity contribution in [2.75, 3.05) is 0 Å². The SMILES string of the molecule is NC(c1ccc2ncccc2c1)C1CC2CCC1C2. The van der Waals surface area contributed by atoms with E-state index in [4.69, 9.17) is 5.73 Å². The molecule has 2 heteroatoms. The van der Waals surface area contributed by atoms with Crippen molar-refractivity contribution in [2.45, 2.75) is 31.7 Å².